The Hall–Kier alpha value is -2.90. The molecule has 24 heavy (non-hydrogen) atoms. The third-order valence-electron chi connectivity index (χ3n) is 3.73. The Kier molecular flexibility index (Phi) is 4.45. The first-order chi connectivity index (χ1) is 11.5. The molecule has 3 rings (SSSR count). The third-order valence-corrected chi connectivity index (χ3v) is 3.73. The number of carbonyl (C=O) groups excluding carboxylic acids is 1. The van der Waals surface area contributed by atoms with Crippen molar-refractivity contribution in [1.29, 1.82) is 0 Å². The largest absolute Gasteiger partial charge is 0.471 e. The van der Waals surface area contributed by atoms with Crippen molar-refractivity contribution < 1.29 is 13.9 Å². The van der Waals surface area contributed by atoms with Crippen LogP contribution in [0.15, 0.2) is 40.0 Å². The van der Waals surface area contributed by atoms with Gasteiger partial charge in [0, 0.05) is 33.1 Å². The van der Waals surface area contributed by atoms with Crippen LogP contribution in [0, 0.1) is 0 Å². The standard InChI is InChI=1S/C16H18N4O4/c1-19(2)13-7-17-8-14(18-13)24-12-5-6-20(9-12)16(22)11-3-4-15(21)23-10-11/h3-4,7-8,10,12H,5-6,9H2,1-2H3. The van der Waals surface area contributed by atoms with E-state index >= 15 is 0 Å². The molecule has 0 aromatic carbocycles. The van der Waals surface area contributed by atoms with Gasteiger partial charge in [-0.2, -0.15) is 4.98 Å². The highest BCUT2D eigenvalue weighted by atomic mass is 16.5. The average molecular weight is 330 g/mol. The lowest BCUT2D eigenvalue weighted by Gasteiger charge is -2.17. The Morgan fingerprint density at radius 2 is 2.21 bits per heavy atom. The summed E-state index contributed by atoms with van der Waals surface area (Å²) in [5.41, 5.74) is -0.127. The number of nitrogens with zero attached hydrogens (tertiary/aromatic N) is 4. The molecule has 2 aromatic heterocycles. The first kappa shape index (κ1) is 16.0. The van der Waals surface area contributed by atoms with E-state index in [0.29, 0.717) is 36.8 Å². The maximum Gasteiger partial charge on any atom is 0.335 e. The number of hydrogen-bond acceptors (Lipinski definition) is 7. The lowest BCUT2D eigenvalue weighted by Crippen LogP contribution is -2.31. The van der Waals surface area contributed by atoms with Gasteiger partial charge in [0.05, 0.1) is 24.5 Å². The summed E-state index contributed by atoms with van der Waals surface area (Å²) in [6.45, 7) is 1.02. The molecule has 1 amide bonds. The topological polar surface area (TPSA) is 88.8 Å². The van der Waals surface area contributed by atoms with Crippen molar-refractivity contribution in [1.82, 2.24) is 14.9 Å². The van der Waals surface area contributed by atoms with E-state index in [1.807, 2.05) is 19.0 Å². The molecule has 0 N–H and O–H groups in total. The average Bonchev–Trinajstić information content (AvgIpc) is 3.03. The van der Waals surface area contributed by atoms with Gasteiger partial charge in [-0.15, -0.1) is 0 Å². The second kappa shape index (κ2) is 6.69. The van der Waals surface area contributed by atoms with E-state index in [0.717, 1.165) is 0 Å². The van der Waals surface area contributed by atoms with Gasteiger partial charge in [-0.25, -0.2) is 4.79 Å². The van der Waals surface area contributed by atoms with Crippen LogP contribution in [0.25, 0.3) is 0 Å². The van der Waals surface area contributed by atoms with Crippen molar-refractivity contribution in [3.8, 4) is 5.88 Å². The Balaban J connectivity index is 1.63. The highest BCUT2D eigenvalue weighted by molar-refractivity contribution is 5.93. The molecule has 0 saturated carbocycles. The van der Waals surface area contributed by atoms with Crippen LogP contribution in [-0.4, -0.2) is 54.1 Å². The molecule has 0 spiro atoms. The summed E-state index contributed by atoms with van der Waals surface area (Å²) in [5.74, 6) is 0.960. The Bertz CT molecular complexity index is 769. The molecule has 1 fully saturated rings. The van der Waals surface area contributed by atoms with Crippen LogP contribution in [-0.2, 0) is 0 Å². The minimum Gasteiger partial charge on any atom is -0.471 e. The SMILES string of the molecule is CN(C)c1cncc(OC2CCN(C(=O)c3ccc(=O)oc3)C2)n1. The van der Waals surface area contributed by atoms with E-state index in [1.54, 1.807) is 17.3 Å². The molecule has 0 bridgehead atoms. The van der Waals surface area contributed by atoms with Gasteiger partial charge < -0.3 is 19.0 Å². The summed E-state index contributed by atoms with van der Waals surface area (Å²) in [6, 6.07) is 2.70. The molecule has 1 aliphatic heterocycles. The van der Waals surface area contributed by atoms with Crippen LogP contribution in [0.1, 0.15) is 16.8 Å². The number of carbonyl (C=O) groups is 1. The lowest BCUT2D eigenvalue weighted by molar-refractivity contribution is 0.0768. The Morgan fingerprint density at radius 1 is 1.38 bits per heavy atom. The fourth-order valence-corrected chi connectivity index (χ4v) is 2.45. The predicted molar refractivity (Wildman–Crippen MR) is 86.3 cm³/mol. The Labute approximate surface area is 138 Å². The molecule has 126 valence electrons. The molecule has 1 unspecified atom stereocenters. The highest BCUT2D eigenvalue weighted by Crippen LogP contribution is 2.19. The number of anilines is 1. The number of ether oxygens (including phenoxy) is 1. The van der Waals surface area contributed by atoms with Crippen LogP contribution in [0.2, 0.25) is 0 Å². The summed E-state index contributed by atoms with van der Waals surface area (Å²) >= 11 is 0. The van der Waals surface area contributed by atoms with Gasteiger partial charge in [0.25, 0.3) is 5.91 Å². The van der Waals surface area contributed by atoms with E-state index in [1.165, 1.54) is 18.4 Å². The van der Waals surface area contributed by atoms with Crippen LogP contribution in [0.5, 0.6) is 5.88 Å². The van der Waals surface area contributed by atoms with Crippen LogP contribution >= 0.6 is 0 Å². The van der Waals surface area contributed by atoms with Gasteiger partial charge in [-0.3, -0.25) is 9.78 Å². The van der Waals surface area contributed by atoms with Crippen LogP contribution < -0.4 is 15.3 Å². The number of amides is 1. The van der Waals surface area contributed by atoms with Crippen molar-refractivity contribution in [2.45, 2.75) is 12.5 Å². The molecule has 0 radical (unpaired) electrons. The van der Waals surface area contributed by atoms with Crippen molar-refractivity contribution in [3.63, 3.8) is 0 Å². The normalized spacial score (nSPS) is 16.9. The smallest absolute Gasteiger partial charge is 0.335 e. The molecule has 3 heterocycles. The molecular formula is C16H18N4O4. The van der Waals surface area contributed by atoms with Crippen LogP contribution in [0.4, 0.5) is 5.82 Å². The van der Waals surface area contributed by atoms with Gasteiger partial charge in [0.15, 0.2) is 5.82 Å². The second-order valence-electron chi connectivity index (χ2n) is 5.73. The molecule has 0 aliphatic carbocycles. The molecule has 1 aliphatic rings. The summed E-state index contributed by atoms with van der Waals surface area (Å²) in [6.07, 6.45) is 4.96. The van der Waals surface area contributed by atoms with Crippen molar-refractivity contribution in [2.24, 2.45) is 0 Å². The molecule has 8 nitrogen and oxygen atoms in total. The molecule has 1 saturated heterocycles. The molecule has 8 heteroatoms. The zero-order chi connectivity index (χ0) is 17.1. The molecular weight excluding hydrogens is 312 g/mol. The van der Waals surface area contributed by atoms with Crippen molar-refractivity contribution in [2.75, 3.05) is 32.1 Å². The summed E-state index contributed by atoms with van der Waals surface area (Å²) in [5, 5.41) is 0. The zero-order valence-corrected chi connectivity index (χ0v) is 13.5. The van der Waals surface area contributed by atoms with Gasteiger partial charge >= 0.3 is 5.63 Å². The molecule has 1 atom stereocenters. The second-order valence-corrected chi connectivity index (χ2v) is 5.73. The van der Waals surface area contributed by atoms with E-state index in [4.69, 9.17) is 9.15 Å². The fraction of sp³-hybridized carbons (Fsp3) is 0.375. The number of likely N-dealkylation sites (tertiary alicyclic amines) is 1. The Morgan fingerprint density at radius 3 is 2.92 bits per heavy atom. The zero-order valence-electron chi connectivity index (χ0n) is 13.5. The summed E-state index contributed by atoms with van der Waals surface area (Å²) < 4.78 is 10.6. The van der Waals surface area contributed by atoms with Gasteiger partial charge in [0.2, 0.25) is 5.88 Å². The van der Waals surface area contributed by atoms with Gasteiger partial charge in [-0.1, -0.05) is 0 Å². The third kappa shape index (κ3) is 3.53. The monoisotopic (exact) mass is 330 g/mol. The first-order valence-corrected chi connectivity index (χ1v) is 7.57. The van der Waals surface area contributed by atoms with Gasteiger partial charge in [0.1, 0.15) is 12.4 Å². The highest BCUT2D eigenvalue weighted by Gasteiger charge is 2.29. The van der Waals surface area contributed by atoms with E-state index in [-0.39, 0.29) is 12.0 Å². The van der Waals surface area contributed by atoms with E-state index in [2.05, 4.69) is 9.97 Å². The fourth-order valence-electron chi connectivity index (χ4n) is 2.45. The number of hydrogen-bond donors (Lipinski definition) is 0. The van der Waals surface area contributed by atoms with Crippen molar-refractivity contribution >= 4 is 11.7 Å². The predicted octanol–water partition coefficient (Wildman–Crippen LogP) is 0.789. The maximum atomic E-state index is 12.4. The minimum atomic E-state index is -0.478. The number of rotatable bonds is 4. The minimum absolute atomic E-state index is 0.142. The summed E-state index contributed by atoms with van der Waals surface area (Å²) in [4.78, 5) is 35.3. The number of aromatic nitrogens is 2. The van der Waals surface area contributed by atoms with E-state index in [9.17, 15) is 9.59 Å². The summed E-state index contributed by atoms with van der Waals surface area (Å²) in [7, 11) is 3.75. The van der Waals surface area contributed by atoms with Crippen LogP contribution in [0.3, 0.4) is 0 Å². The van der Waals surface area contributed by atoms with Gasteiger partial charge in [-0.05, 0) is 6.07 Å². The molecule has 2 aromatic rings. The first-order valence-electron chi connectivity index (χ1n) is 7.57. The maximum absolute atomic E-state index is 12.4. The lowest BCUT2D eigenvalue weighted by atomic mass is 10.2. The quantitative estimate of drug-likeness (QED) is 0.819. The van der Waals surface area contributed by atoms with Crippen molar-refractivity contribution in [3.05, 3.63) is 46.8 Å². The van der Waals surface area contributed by atoms with E-state index < -0.39 is 5.63 Å².